The Hall–Kier alpha value is -2.30. The molecule has 0 saturated carbocycles. The second kappa shape index (κ2) is 6.23. The van der Waals surface area contributed by atoms with Crippen LogP contribution in [0.5, 0.6) is 5.88 Å². The molecule has 0 atom stereocenters. The van der Waals surface area contributed by atoms with Gasteiger partial charge in [0.2, 0.25) is 5.88 Å². The first kappa shape index (κ1) is 14.1. The number of benzene rings is 1. The lowest BCUT2D eigenvalue weighted by atomic mass is 10.1. The van der Waals surface area contributed by atoms with Crippen LogP contribution in [0.25, 0.3) is 0 Å². The zero-order chi connectivity index (χ0) is 14.5. The average Bonchev–Trinajstić information content (AvgIpc) is 2.44. The summed E-state index contributed by atoms with van der Waals surface area (Å²) in [6.07, 6.45) is 1.97. The molecular formula is C15H18N2O3. The monoisotopic (exact) mass is 274 g/mol. The molecule has 0 spiro atoms. The van der Waals surface area contributed by atoms with Crippen molar-refractivity contribution in [2.75, 3.05) is 0 Å². The van der Waals surface area contributed by atoms with E-state index in [9.17, 15) is 14.7 Å². The van der Waals surface area contributed by atoms with Gasteiger partial charge in [-0.15, -0.1) is 0 Å². The van der Waals surface area contributed by atoms with E-state index in [1.807, 2.05) is 37.3 Å². The maximum Gasteiger partial charge on any atom is 0.331 e. The molecule has 1 aromatic heterocycles. The first-order valence-corrected chi connectivity index (χ1v) is 6.72. The largest absolute Gasteiger partial charge is 0.494 e. The molecule has 1 heterocycles. The van der Waals surface area contributed by atoms with Gasteiger partial charge in [0.05, 0.1) is 5.56 Å². The number of aromatic nitrogens is 2. The maximum atomic E-state index is 11.9. The highest BCUT2D eigenvalue weighted by molar-refractivity contribution is 5.30. The molecule has 1 aromatic carbocycles. The molecule has 0 amide bonds. The van der Waals surface area contributed by atoms with Crippen molar-refractivity contribution in [1.82, 2.24) is 9.55 Å². The average molecular weight is 274 g/mol. The second-order valence-electron chi connectivity index (χ2n) is 4.73. The van der Waals surface area contributed by atoms with Crippen LogP contribution in [-0.4, -0.2) is 14.7 Å². The standard InChI is InChI=1S/C15H18N2O3/c1-2-3-9-17-14(19)12(13(18)16-15(17)20)10-11-7-5-4-6-8-11/h4-8,19H,2-3,9-10H2,1H3,(H,16,18,20). The van der Waals surface area contributed by atoms with Crippen LogP contribution in [0.15, 0.2) is 39.9 Å². The Morgan fingerprint density at radius 1 is 1.20 bits per heavy atom. The molecule has 0 aliphatic carbocycles. The highest BCUT2D eigenvalue weighted by Crippen LogP contribution is 2.15. The molecule has 0 fully saturated rings. The van der Waals surface area contributed by atoms with E-state index in [2.05, 4.69) is 4.98 Å². The van der Waals surface area contributed by atoms with Gasteiger partial charge in [0, 0.05) is 13.0 Å². The Balaban J connectivity index is 2.42. The lowest BCUT2D eigenvalue weighted by molar-refractivity contribution is 0.389. The zero-order valence-corrected chi connectivity index (χ0v) is 11.4. The molecule has 5 nitrogen and oxygen atoms in total. The van der Waals surface area contributed by atoms with E-state index in [0.29, 0.717) is 13.0 Å². The van der Waals surface area contributed by atoms with Crippen LogP contribution in [-0.2, 0) is 13.0 Å². The van der Waals surface area contributed by atoms with Crippen molar-refractivity contribution in [1.29, 1.82) is 0 Å². The molecule has 0 saturated heterocycles. The Morgan fingerprint density at radius 2 is 1.90 bits per heavy atom. The van der Waals surface area contributed by atoms with Crippen LogP contribution < -0.4 is 11.2 Å². The van der Waals surface area contributed by atoms with Gasteiger partial charge in [0.25, 0.3) is 5.56 Å². The van der Waals surface area contributed by atoms with Gasteiger partial charge in [-0.2, -0.15) is 0 Å². The number of hydrogen-bond donors (Lipinski definition) is 2. The molecule has 2 rings (SSSR count). The molecule has 2 N–H and O–H groups in total. The molecule has 0 radical (unpaired) electrons. The van der Waals surface area contributed by atoms with Crippen molar-refractivity contribution in [2.45, 2.75) is 32.7 Å². The molecular weight excluding hydrogens is 256 g/mol. The summed E-state index contributed by atoms with van der Waals surface area (Å²) in [5.41, 5.74) is 0.0581. The number of aromatic amines is 1. The molecule has 0 aliphatic rings. The predicted molar refractivity (Wildman–Crippen MR) is 77.1 cm³/mol. The van der Waals surface area contributed by atoms with Crippen molar-refractivity contribution in [3.05, 3.63) is 62.3 Å². The Bertz CT molecular complexity index is 687. The fourth-order valence-electron chi connectivity index (χ4n) is 2.08. The third-order valence-corrected chi connectivity index (χ3v) is 3.22. The Morgan fingerprint density at radius 3 is 2.55 bits per heavy atom. The lowest BCUT2D eigenvalue weighted by Crippen LogP contribution is -2.32. The number of nitrogens with one attached hydrogen (secondary N) is 1. The maximum absolute atomic E-state index is 11.9. The third-order valence-electron chi connectivity index (χ3n) is 3.22. The van der Waals surface area contributed by atoms with Gasteiger partial charge < -0.3 is 5.11 Å². The molecule has 0 unspecified atom stereocenters. The molecule has 0 aliphatic heterocycles. The topological polar surface area (TPSA) is 75.1 Å². The number of H-pyrrole nitrogens is 1. The van der Waals surface area contributed by atoms with Crippen LogP contribution in [0, 0.1) is 0 Å². The van der Waals surface area contributed by atoms with Crippen LogP contribution in [0.3, 0.4) is 0 Å². The molecule has 106 valence electrons. The highest BCUT2D eigenvalue weighted by Gasteiger charge is 2.14. The van der Waals surface area contributed by atoms with E-state index in [-0.39, 0.29) is 11.4 Å². The van der Waals surface area contributed by atoms with E-state index >= 15 is 0 Å². The fraction of sp³-hybridized carbons (Fsp3) is 0.333. The van der Waals surface area contributed by atoms with E-state index < -0.39 is 11.2 Å². The molecule has 2 aromatic rings. The van der Waals surface area contributed by atoms with Gasteiger partial charge >= 0.3 is 5.69 Å². The summed E-state index contributed by atoms with van der Waals surface area (Å²) in [5.74, 6) is -0.226. The summed E-state index contributed by atoms with van der Waals surface area (Å²) >= 11 is 0. The third kappa shape index (κ3) is 2.99. The number of unbranched alkanes of at least 4 members (excludes halogenated alkanes) is 1. The van der Waals surface area contributed by atoms with Gasteiger partial charge in [0.1, 0.15) is 0 Å². The minimum Gasteiger partial charge on any atom is -0.494 e. The number of nitrogens with zero attached hydrogens (tertiary/aromatic N) is 1. The summed E-state index contributed by atoms with van der Waals surface area (Å²) in [4.78, 5) is 25.9. The minimum absolute atomic E-state index is 0.226. The summed E-state index contributed by atoms with van der Waals surface area (Å²) < 4.78 is 1.23. The van der Waals surface area contributed by atoms with E-state index in [1.165, 1.54) is 4.57 Å². The van der Waals surface area contributed by atoms with Crippen molar-refractivity contribution >= 4 is 0 Å². The van der Waals surface area contributed by atoms with Crippen LogP contribution in [0.1, 0.15) is 30.9 Å². The SMILES string of the molecule is CCCCn1c(O)c(Cc2ccccc2)c(=O)[nH]c1=O. The predicted octanol–water partition coefficient (Wildman–Crippen LogP) is 1.63. The first-order chi connectivity index (χ1) is 9.63. The summed E-state index contributed by atoms with van der Waals surface area (Å²) in [5, 5.41) is 10.2. The lowest BCUT2D eigenvalue weighted by Gasteiger charge is -2.11. The van der Waals surface area contributed by atoms with E-state index in [0.717, 1.165) is 18.4 Å². The van der Waals surface area contributed by atoms with Gasteiger partial charge in [-0.25, -0.2) is 4.79 Å². The Kier molecular flexibility index (Phi) is 4.40. The zero-order valence-electron chi connectivity index (χ0n) is 11.4. The fourth-order valence-corrected chi connectivity index (χ4v) is 2.08. The van der Waals surface area contributed by atoms with Crippen LogP contribution in [0.4, 0.5) is 0 Å². The number of aromatic hydroxyl groups is 1. The number of rotatable bonds is 5. The van der Waals surface area contributed by atoms with Gasteiger partial charge in [-0.05, 0) is 12.0 Å². The smallest absolute Gasteiger partial charge is 0.331 e. The van der Waals surface area contributed by atoms with E-state index in [4.69, 9.17) is 0 Å². The van der Waals surface area contributed by atoms with Crippen molar-refractivity contribution in [3.63, 3.8) is 0 Å². The van der Waals surface area contributed by atoms with Gasteiger partial charge in [-0.3, -0.25) is 14.3 Å². The van der Waals surface area contributed by atoms with Crippen LogP contribution >= 0.6 is 0 Å². The summed E-state index contributed by atoms with van der Waals surface area (Å²) in [6, 6.07) is 9.37. The second-order valence-corrected chi connectivity index (χ2v) is 4.73. The van der Waals surface area contributed by atoms with Gasteiger partial charge in [0.15, 0.2) is 0 Å². The minimum atomic E-state index is -0.558. The van der Waals surface area contributed by atoms with Crippen molar-refractivity contribution in [2.24, 2.45) is 0 Å². The highest BCUT2D eigenvalue weighted by atomic mass is 16.3. The summed E-state index contributed by atoms with van der Waals surface area (Å²) in [7, 11) is 0. The van der Waals surface area contributed by atoms with Gasteiger partial charge in [-0.1, -0.05) is 43.7 Å². The van der Waals surface area contributed by atoms with E-state index in [1.54, 1.807) is 0 Å². The number of hydrogen-bond acceptors (Lipinski definition) is 3. The van der Waals surface area contributed by atoms with Crippen molar-refractivity contribution in [3.8, 4) is 5.88 Å². The first-order valence-electron chi connectivity index (χ1n) is 6.72. The normalized spacial score (nSPS) is 10.7. The summed E-state index contributed by atoms with van der Waals surface area (Å²) in [6.45, 7) is 2.40. The Labute approximate surface area is 116 Å². The quantitative estimate of drug-likeness (QED) is 0.870. The molecule has 20 heavy (non-hydrogen) atoms. The van der Waals surface area contributed by atoms with Crippen molar-refractivity contribution < 1.29 is 5.11 Å². The van der Waals surface area contributed by atoms with Crippen LogP contribution in [0.2, 0.25) is 0 Å². The molecule has 0 bridgehead atoms. The molecule has 5 heteroatoms.